The molecule has 0 aliphatic carbocycles. The Morgan fingerprint density at radius 3 is 1.86 bits per heavy atom. The van der Waals surface area contributed by atoms with Crippen molar-refractivity contribution >= 4 is 96.8 Å². The summed E-state index contributed by atoms with van der Waals surface area (Å²) in [5.41, 5.74) is 12.8. The number of benzene rings is 9. The highest BCUT2D eigenvalue weighted by Crippen LogP contribution is 2.52. The van der Waals surface area contributed by atoms with Gasteiger partial charge in [-0.25, -0.2) is 9.97 Å². The van der Waals surface area contributed by atoms with Crippen LogP contribution in [-0.4, -0.2) is 19.1 Å². The van der Waals surface area contributed by atoms with Crippen LogP contribution in [0, 0.1) is 0 Å². The van der Waals surface area contributed by atoms with Crippen LogP contribution in [0.25, 0.3) is 131 Å². The van der Waals surface area contributed by atoms with E-state index in [9.17, 15) is 0 Å². The first-order chi connectivity index (χ1) is 29.3. The first kappa shape index (κ1) is 31.5. The lowest BCUT2D eigenvalue weighted by atomic mass is 9.91. The third kappa shape index (κ3) is 4.11. The van der Waals surface area contributed by atoms with E-state index >= 15 is 0 Å². The van der Waals surface area contributed by atoms with Gasteiger partial charge in [-0.05, 0) is 69.1 Å². The second kappa shape index (κ2) is 11.5. The van der Waals surface area contributed by atoms with Gasteiger partial charge in [0.15, 0.2) is 0 Å². The summed E-state index contributed by atoms with van der Waals surface area (Å²) < 4.78 is 6.04. The molecule has 5 heteroatoms. The van der Waals surface area contributed by atoms with Crippen LogP contribution in [0.5, 0.6) is 0 Å². The Hall–Kier alpha value is -7.60. The summed E-state index contributed by atoms with van der Waals surface area (Å²) in [4.78, 5) is 12.3. The zero-order valence-corrected chi connectivity index (χ0v) is 32.3. The molecular formula is C54H30N4S. The number of para-hydroxylation sites is 3. The number of fused-ring (bicyclic) bond motifs is 18. The predicted molar refractivity (Wildman–Crippen MR) is 248 cm³/mol. The van der Waals surface area contributed by atoms with Gasteiger partial charge in [-0.1, -0.05) is 146 Å². The van der Waals surface area contributed by atoms with Crippen molar-refractivity contribution in [3.63, 3.8) is 0 Å². The van der Waals surface area contributed by atoms with Gasteiger partial charge in [0.05, 0.1) is 33.4 Å². The maximum Gasteiger partial charge on any atom is 0.236 e. The Bertz CT molecular complexity index is 3980. The van der Waals surface area contributed by atoms with Gasteiger partial charge in [0.1, 0.15) is 4.83 Å². The van der Waals surface area contributed by atoms with Crippen LogP contribution in [0.15, 0.2) is 182 Å². The molecule has 0 N–H and O–H groups in total. The van der Waals surface area contributed by atoms with Gasteiger partial charge in [0.2, 0.25) is 5.95 Å². The highest BCUT2D eigenvalue weighted by atomic mass is 32.1. The van der Waals surface area contributed by atoms with Crippen molar-refractivity contribution < 1.29 is 0 Å². The van der Waals surface area contributed by atoms with Crippen LogP contribution in [0.2, 0.25) is 0 Å². The minimum absolute atomic E-state index is 0.669. The fourth-order valence-corrected chi connectivity index (χ4v) is 11.4. The van der Waals surface area contributed by atoms with Crippen LogP contribution in [0.1, 0.15) is 0 Å². The van der Waals surface area contributed by atoms with E-state index < -0.39 is 0 Å². The van der Waals surface area contributed by atoms with Crippen LogP contribution in [0.4, 0.5) is 0 Å². The van der Waals surface area contributed by atoms with Crippen LogP contribution in [-0.2, 0) is 0 Å². The average Bonchev–Trinajstić information content (AvgIpc) is 3.92. The third-order valence-corrected chi connectivity index (χ3v) is 13.7. The molecule has 4 aromatic heterocycles. The molecule has 14 rings (SSSR count). The summed E-state index contributed by atoms with van der Waals surface area (Å²) in [6, 6.07) is 66.4. The van der Waals surface area contributed by atoms with Gasteiger partial charge in [-0.3, -0.25) is 4.57 Å². The number of hydrogen-bond donors (Lipinski definition) is 0. The monoisotopic (exact) mass is 766 g/mol. The van der Waals surface area contributed by atoms with Crippen molar-refractivity contribution in [1.82, 2.24) is 19.1 Å². The number of nitrogens with zero attached hydrogens (tertiary/aromatic N) is 4. The molecule has 0 amide bonds. The Balaban J connectivity index is 1.19. The van der Waals surface area contributed by atoms with Crippen LogP contribution < -0.4 is 0 Å². The lowest BCUT2D eigenvalue weighted by molar-refractivity contribution is 1.02. The van der Waals surface area contributed by atoms with E-state index in [-0.39, 0.29) is 0 Å². The molecule has 4 nitrogen and oxygen atoms in total. The normalized spacial score (nSPS) is 12.4. The molecular weight excluding hydrogens is 737 g/mol. The molecule has 9 aromatic carbocycles. The zero-order chi connectivity index (χ0) is 38.3. The fraction of sp³-hybridized carbons (Fsp3) is 0. The quantitative estimate of drug-likeness (QED) is 0.164. The fourth-order valence-electron chi connectivity index (χ4n) is 10.3. The SMILES string of the molecule is c1ccc2c(c1)-c1ccccc1-n1c3ccccc3c3cc4c(c-2c31)c1ccccc1n4-c1nc(-c2cc3ccccc3c3ccccc23)c2c(n1)sc1ccccc12. The van der Waals surface area contributed by atoms with Gasteiger partial charge in [0.25, 0.3) is 0 Å². The molecule has 59 heavy (non-hydrogen) atoms. The smallest absolute Gasteiger partial charge is 0.236 e. The second-order valence-electron chi connectivity index (χ2n) is 15.7. The molecule has 0 atom stereocenters. The van der Waals surface area contributed by atoms with E-state index in [4.69, 9.17) is 9.97 Å². The van der Waals surface area contributed by atoms with E-state index in [1.165, 1.54) is 92.2 Å². The highest BCUT2D eigenvalue weighted by Gasteiger charge is 2.30. The Kier molecular flexibility index (Phi) is 6.14. The van der Waals surface area contributed by atoms with Gasteiger partial charge in [-0.2, -0.15) is 0 Å². The van der Waals surface area contributed by atoms with Crippen LogP contribution in [0.3, 0.4) is 0 Å². The number of thiophene rings is 1. The van der Waals surface area contributed by atoms with E-state index in [1.807, 2.05) is 0 Å². The summed E-state index contributed by atoms with van der Waals surface area (Å²) in [6.45, 7) is 0. The summed E-state index contributed by atoms with van der Waals surface area (Å²) in [5, 5.41) is 11.9. The summed E-state index contributed by atoms with van der Waals surface area (Å²) >= 11 is 1.74. The van der Waals surface area contributed by atoms with Crippen molar-refractivity contribution in [2.24, 2.45) is 0 Å². The molecule has 0 spiro atoms. The second-order valence-corrected chi connectivity index (χ2v) is 16.7. The van der Waals surface area contributed by atoms with Crippen molar-refractivity contribution in [2.45, 2.75) is 0 Å². The van der Waals surface area contributed by atoms with Gasteiger partial charge >= 0.3 is 0 Å². The lowest BCUT2D eigenvalue weighted by Crippen LogP contribution is -2.03. The third-order valence-electron chi connectivity index (χ3n) is 12.7. The maximum atomic E-state index is 5.76. The van der Waals surface area contributed by atoms with Crippen molar-refractivity contribution in [2.75, 3.05) is 0 Å². The highest BCUT2D eigenvalue weighted by molar-refractivity contribution is 7.25. The minimum atomic E-state index is 0.669. The van der Waals surface area contributed by atoms with E-state index in [1.54, 1.807) is 11.3 Å². The molecule has 272 valence electrons. The largest absolute Gasteiger partial charge is 0.308 e. The van der Waals surface area contributed by atoms with Gasteiger partial charge in [0, 0.05) is 53.7 Å². The van der Waals surface area contributed by atoms with Crippen molar-refractivity contribution in [1.29, 1.82) is 0 Å². The molecule has 0 bridgehead atoms. The summed E-state index contributed by atoms with van der Waals surface area (Å²) in [7, 11) is 0. The molecule has 5 heterocycles. The first-order valence-electron chi connectivity index (χ1n) is 20.1. The van der Waals surface area contributed by atoms with Crippen molar-refractivity contribution in [3.05, 3.63) is 182 Å². The topological polar surface area (TPSA) is 35.6 Å². The predicted octanol–water partition coefficient (Wildman–Crippen LogP) is 14.7. The Labute approximate surface area is 341 Å². The number of rotatable bonds is 2. The zero-order valence-electron chi connectivity index (χ0n) is 31.5. The molecule has 0 saturated carbocycles. The van der Waals surface area contributed by atoms with E-state index in [0.29, 0.717) is 5.95 Å². The standard InChI is InChI=1S/C54H30N4S/c1-2-16-32-31(15-1)29-41(34-18-4-3-17-33(32)34)51-50-40-24-10-14-28-47(40)59-53(50)56-54(55-51)58-45-27-13-9-23-39(45)48-46(58)30-42-37-21-8-12-26-44(37)57-43-25-11-7-20-36(43)35-19-5-6-22-38(35)49(48)52(42)57/h1-30H. The molecule has 13 aromatic rings. The minimum Gasteiger partial charge on any atom is -0.308 e. The summed E-state index contributed by atoms with van der Waals surface area (Å²) in [5.74, 6) is 0.669. The Morgan fingerprint density at radius 2 is 1.02 bits per heavy atom. The molecule has 0 fully saturated rings. The molecule has 0 saturated heterocycles. The molecule has 0 radical (unpaired) electrons. The number of aromatic nitrogens is 4. The molecule has 1 aliphatic heterocycles. The van der Waals surface area contributed by atoms with Crippen LogP contribution >= 0.6 is 11.3 Å². The average molecular weight is 767 g/mol. The molecule has 1 aliphatic rings. The molecule has 0 unspecified atom stereocenters. The van der Waals surface area contributed by atoms with Crippen molar-refractivity contribution in [3.8, 4) is 45.1 Å². The van der Waals surface area contributed by atoms with E-state index in [0.717, 1.165) is 32.5 Å². The Morgan fingerprint density at radius 1 is 0.390 bits per heavy atom. The lowest BCUT2D eigenvalue weighted by Gasteiger charge is -2.14. The first-order valence-corrected chi connectivity index (χ1v) is 20.9. The maximum absolute atomic E-state index is 5.76. The number of hydrogen-bond acceptors (Lipinski definition) is 3. The summed E-state index contributed by atoms with van der Waals surface area (Å²) in [6.07, 6.45) is 0. The van der Waals surface area contributed by atoms with Gasteiger partial charge < -0.3 is 4.57 Å². The van der Waals surface area contributed by atoms with Gasteiger partial charge in [-0.15, -0.1) is 11.3 Å². The van der Waals surface area contributed by atoms with E-state index in [2.05, 4.69) is 191 Å².